The van der Waals surface area contributed by atoms with E-state index >= 15 is 0 Å². The van der Waals surface area contributed by atoms with Crippen molar-refractivity contribution in [3.05, 3.63) is 11.9 Å². The van der Waals surface area contributed by atoms with E-state index in [2.05, 4.69) is 0 Å². The van der Waals surface area contributed by atoms with E-state index in [0.29, 0.717) is 12.8 Å². The predicted octanol–water partition coefficient (Wildman–Crippen LogP) is 2.93. The summed E-state index contributed by atoms with van der Waals surface area (Å²) >= 11 is 0. The van der Waals surface area contributed by atoms with E-state index in [0.717, 1.165) is 0 Å². The third-order valence-corrected chi connectivity index (χ3v) is 3.39. The molecule has 0 N–H and O–H groups in total. The number of hydrogen-bond donors (Lipinski definition) is 0. The minimum Gasteiger partial charge on any atom is -0.337 e. The summed E-state index contributed by atoms with van der Waals surface area (Å²) < 4.78 is 24.7. The van der Waals surface area contributed by atoms with Crippen molar-refractivity contribution < 1.29 is 13.9 Å². The first-order valence-corrected chi connectivity index (χ1v) is 5.04. The summed E-state index contributed by atoms with van der Waals surface area (Å²) in [5.41, 5.74) is -0.762. The minimum absolute atomic E-state index is 0.126. The molecule has 1 aliphatic heterocycles. The first-order chi connectivity index (χ1) is 6.27. The molecule has 1 saturated heterocycles. The molecule has 0 saturated carbocycles. The Morgan fingerprint density at radius 2 is 1.64 bits per heavy atom. The van der Waals surface area contributed by atoms with Crippen LogP contribution < -0.4 is 0 Å². The van der Waals surface area contributed by atoms with Gasteiger partial charge in [-0.3, -0.25) is 0 Å². The Hall–Kier alpha value is -0.410. The molecule has 0 bridgehead atoms. The second-order valence-electron chi connectivity index (χ2n) is 5.13. The summed E-state index contributed by atoms with van der Waals surface area (Å²) in [7, 11) is 0. The van der Waals surface area contributed by atoms with Crippen LogP contribution in [0.3, 0.4) is 0 Å². The maximum Gasteiger partial charge on any atom is 0.192 e. The molecule has 0 aromatic heterocycles. The van der Waals surface area contributed by atoms with Crippen molar-refractivity contribution in [3.8, 4) is 0 Å². The fourth-order valence-electron chi connectivity index (χ4n) is 1.97. The maximum atomic E-state index is 13.0. The minimum atomic E-state index is -0.808. The Kier molecular flexibility index (Phi) is 1.87. The summed E-state index contributed by atoms with van der Waals surface area (Å²) in [5, 5.41) is 0. The van der Waals surface area contributed by atoms with Gasteiger partial charge < -0.3 is 9.47 Å². The molecule has 0 amide bonds. The predicted molar refractivity (Wildman–Crippen MR) is 51.5 cm³/mol. The zero-order valence-corrected chi connectivity index (χ0v) is 9.19. The molecule has 1 spiro atoms. The average Bonchev–Trinajstić information content (AvgIpc) is 2.35. The smallest absolute Gasteiger partial charge is 0.192 e. The standard InChI is InChI=1S/C11H17FO2/c1-9(2)10(3,4)14-11(13-9)6-5-8(12)7-11/h7H,5-6H2,1-4H3. The number of allylic oxidation sites excluding steroid dienone is 1. The molecule has 1 heterocycles. The summed E-state index contributed by atoms with van der Waals surface area (Å²) in [6.07, 6.45) is 2.49. The molecule has 0 atom stereocenters. The number of ether oxygens (including phenoxy) is 2. The van der Waals surface area contributed by atoms with Crippen LogP contribution in [0.4, 0.5) is 4.39 Å². The van der Waals surface area contributed by atoms with Gasteiger partial charge in [-0.05, 0) is 27.7 Å². The van der Waals surface area contributed by atoms with Crippen molar-refractivity contribution in [3.63, 3.8) is 0 Å². The summed E-state index contributed by atoms with van der Waals surface area (Å²) in [6, 6.07) is 0. The van der Waals surface area contributed by atoms with Gasteiger partial charge in [-0.1, -0.05) is 0 Å². The Balaban J connectivity index is 2.30. The largest absolute Gasteiger partial charge is 0.337 e. The van der Waals surface area contributed by atoms with Crippen molar-refractivity contribution in [2.75, 3.05) is 0 Å². The van der Waals surface area contributed by atoms with Gasteiger partial charge in [0, 0.05) is 18.9 Å². The van der Waals surface area contributed by atoms with Crippen molar-refractivity contribution in [2.45, 2.75) is 57.5 Å². The van der Waals surface area contributed by atoms with Gasteiger partial charge in [0.15, 0.2) is 5.79 Å². The monoisotopic (exact) mass is 200 g/mol. The van der Waals surface area contributed by atoms with Gasteiger partial charge in [0.1, 0.15) is 5.83 Å². The van der Waals surface area contributed by atoms with Crippen molar-refractivity contribution >= 4 is 0 Å². The molecule has 1 aliphatic carbocycles. The lowest BCUT2D eigenvalue weighted by Crippen LogP contribution is -2.41. The van der Waals surface area contributed by atoms with Gasteiger partial charge in [0.25, 0.3) is 0 Å². The Labute approximate surface area is 84.1 Å². The summed E-state index contributed by atoms with van der Waals surface area (Å²) in [6.45, 7) is 7.91. The second kappa shape index (κ2) is 2.58. The second-order valence-corrected chi connectivity index (χ2v) is 5.13. The third kappa shape index (κ3) is 1.30. The normalized spacial score (nSPS) is 32.2. The molecule has 0 aromatic rings. The topological polar surface area (TPSA) is 18.5 Å². The lowest BCUT2D eigenvalue weighted by molar-refractivity contribution is -0.153. The molecule has 3 heteroatoms. The third-order valence-electron chi connectivity index (χ3n) is 3.39. The molecule has 0 aromatic carbocycles. The van der Waals surface area contributed by atoms with Crippen molar-refractivity contribution in [1.29, 1.82) is 0 Å². The lowest BCUT2D eigenvalue weighted by atomic mass is 9.90. The Morgan fingerprint density at radius 3 is 2.00 bits per heavy atom. The van der Waals surface area contributed by atoms with Crippen LogP contribution in [0.5, 0.6) is 0 Å². The van der Waals surface area contributed by atoms with Gasteiger partial charge in [-0.2, -0.15) is 0 Å². The quantitative estimate of drug-likeness (QED) is 0.598. The van der Waals surface area contributed by atoms with Crippen molar-refractivity contribution in [1.82, 2.24) is 0 Å². The van der Waals surface area contributed by atoms with E-state index in [-0.39, 0.29) is 17.0 Å². The van der Waals surface area contributed by atoms with Crippen LogP contribution in [0.15, 0.2) is 11.9 Å². The number of hydrogen-bond acceptors (Lipinski definition) is 2. The molecule has 0 unspecified atom stereocenters. The zero-order valence-electron chi connectivity index (χ0n) is 9.19. The van der Waals surface area contributed by atoms with Crippen LogP contribution in [-0.4, -0.2) is 17.0 Å². The highest BCUT2D eigenvalue weighted by Gasteiger charge is 2.57. The maximum absolute atomic E-state index is 13.0. The molecule has 2 nitrogen and oxygen atoms in total. The molecule has 80 valence electrons. The fourth-order valence-corrected chi connectivity index (χ4v) is 1.97. The fraction of sp³-hybridized carbons (Fsp3) is 0.818. The van der Waals surface area contributed by atoms with Crippen LogP contribution in [0, 0.1) is 0 Å². The van der Waals surface area contributed by atoms with E-state index in [1.165, 1.54) is 6.08 Å². The van der Waals surface area contributed by atoms with E-state index in [1.807, 2.05) is 27.7 Å². The lowest BCUT2D eigenvalue weighted by Gasteiger charge is -2.30. The van der Waals surface area contributed by atoms with Gasteiger partial charge in [-0.25, -0.2) is 4.39 Å². The Morgan fingerprint density at radius 1 is 1.14 bits per heavy atom. The van der Waals surface area contributed by atoms with E-state index in [1.54, 1.807) is 0 Å². The van der Waals surface area contributed by atoms with Crippen LogP contribution in [-0.2, 0) is 9.47 Å². The van der Waals surface area contributed by atoms with Gasteiger partial charge >= 0.3 is 0 Å². The van der Waals surface area contributed by atoms with Crippen LogP contribution in [0.2, 0.25) is 0 Å². The molecular weight excluding hydrogens is 183 g/mol. The SMILES string of the molecule is CC1(C)OC2(C=C(F)CC2)OC1(C)C. The number of halogens is 1. The van der Waals surface area contributed by atoms with Gasteiger partial charge in [-0.15, -0.1) is 0 Å². The van der Waals surface area contributed by atoms with E-state index < -0.39 is 5.79 Å². The van der Waals surface area contributed by atoms with Crippen LogP contribution in [0.25, 0.3) is 0 Å². The first-order valence-electron chi connectivity index (χ1n) is 5.04. The average molecular weight is 200 g/mol. The molecule has 2 aliphatic rings. The summed E-state index contributed by atoms with van der Waals surface area (Å²) in [5.74, 6) is -0.935. The summed E-state index contributed by atoms with van der Waals surface area (Å²) in [4.78, 5) is 0. The molecule has 0 radical (unpaired) electrons. The van der Waals surface area contributed by atoms with Crippen molar-refractivity contribution in [2.24, 2.45) is 0 Å². The van der Waals surface area contributed by atoms with Gasteiger partial charge in [0.2, 0.25) is 0 Å². The highest BCUT2D eigenvalue weighted by atomic mass is 19.1. The van der Waals surface area contributed by atoms with Crippen LogP contribution >= 0.6 is 0 Å². The highest BCUT2D eigenvalue weighted by molar-refractivity contribution is 5.15. The zero-order chi connectivity index (χ0) is 10.6. The molecule has 2 rings (SSSR count). The molecule has 14 heavy (non-hydrogen) atoms. The number of rotatable bonds is 0. The van der Waals surface area contributed by atoms with E-state index in [9.17, 15) is 4.39 Å². The van der Waals surface area contributed by atoms with Gasteiger partial charge in [0.05, 0.1) is 11.2 Å². The molecular formula is C11H17FO2. The first kappa shape index (κ1) is 10.1. The van der Waals surface area contributed by atoms with Crippen LogP contribution in [0.1, 0.15) is 40.5 Å². The Bertz CT molecular complexity index is 276. The molecule has 1 fully saturated rings. The highest BCUT2D eigenvalue weighted by Crippen LogP contribution is 2.49. The van der Waals surface area contributed by atoms with E-state index in [4.69, 9.17) is 9.47 Å².